The van der Waals surface area contributed by atoms with Crippen molar-refractivity contribution in [3.63, 3.8) is 0 Å². The Morgan fingerprint density at radius 3 is 2.00 bits per heavy atom. The van der Waals surface area contributed by atoms with Gasteiger partial charge in [-0.3, -0.25) is 4.55 Å². The molecule has 0 aliphatic carbocycles. The van der Waals surface area contributed by atoms with Crippen LogP contribution in [0, 0.1) is 0 Å². The number of benzene rings is 3. The highest BCUT2D eigenvalue weighted by Gasteiger charge is 2.17. The van der Waals surface area contributed by atoms with Gasteiger partial charge in [-0.1, -0.05) is 48.5 Å². The number of fused-ring (bicyclic) bond motifs is 2. The number of hydrogen-bond acceptors (Lipinski definition) is 4. The van der Waals surface area contributed by atoms with Crippen molar-refractivity contribution in [2.24, 2.45) is 0 Å². The van der Waals surface area contributed by atoms with Gasteiger partial charge in [0.1, 0.15) is 12.4 Å². The van der Waals surface area contributed by atoms with Gasteiger partial charge in [0.2, 0.25) is 0 Å². The minimum absolute atomic E-state index is 0.394. The summed E-state index contributed by atoms with van der Waals surface area (Å²) in [6, 6.07) is 16.8. The highest BCUT2D eigenvalue weighted by atomic mass is 32.2. The van der Waals surface area contributed by atoms with Gasteiger partial charge in [0.25, 0.3) is 10.1 Å². The van der Waals surface area contributed by atoms with Crippen LogP contribution in [-0.2, 0) is 14.9 Å². The van der Waals surface area contributed by atoms with Crippen LogP contribution in [0.2, 0.25) is 0 Å². The molecule has 3 aromatic carbocycles. The zero-order chi connectivity index (χ0) is 16.4. The van der Waals surface area contributed by atoms with E-state index in [1.165, 1.54) is 0 Å². The quantitative estimate of drug-likeness (QED) is 0.452. The van der Waals surface area contributed by atoms with Gasteiger partial charge in [-0.25, -0.2) is 4.79 Å². The summed E-state index contributed by atoms with van der Waals surface area (Å²) in [6.45, 7) is -0.394. The van der Waals surface area contributed by atoms with Crippen LogP contribution in [0.25, 0.3) is 21.5 Å². The summed E-state index contributed by atoms with van der Waals surface area (Å²) in [5.74, 6) is -1.23. The molecule has 1 N–H and O–H groups in total. The van der Waals surface area contributed by atoms with E-state index in [-0.39, 0.29) is 0 Å². The third-order valence-electron chi connectivity index (χ3n) is 3.55. The van der Waals surface area contributed by atoms with Crippen LogP contribution in [0.1, 0.15) is 10.4 Å². The standard InChI is InChI=1S/C17H14O5S/c18-17(22-9-10-23(19,20)21)16-14-7-3-1-5-12(14)11-13-6-2-4-8-15(13)16/h1-8,11H,9-10H2,(H,19,20,21). The number of rotatable bonds is 4. The van der Waals surface area contributed by atoms with Crippen molar-refractivity contribution in [2.45, 2.75) is 0 Å². The van der Waals surface area contributed by atoms with E-state index in [2.05, 4.69) is 0 Å². The molecule has 0 unspecified atom stereocenters. The molecule has 0 heterocycles. The van der Waals surface area contributed by atoms with E-state index in [0.717, 1.165) is 21.5 Å². The second kappa shape index (κ2) is 5.98. The van der Waals surface area contributed by atoms with E-state index in [4.69, 9.17) is 9.29 Å². The summed E-state index contributed by atoms with van der Waals surface area (Å²) in [6.07, 6.45) is 0. The lowest BCUT2D eigenvalue weighted by Crippen LogP contribution is -2.15. The van der Waals surface area contributed by atoms with Gasteiger partial charge in [-0.2, -0.15) is 8.42 Å². The predicted octanol–water partition coefficient (Wildman–Crippen LogP) is 3.04. The maximum atomic E-state index is 12.5. The Labute approximate surface area is 133 Å². The topological polar surface area (TPSA) is 80.7 Å². The molecule has 3 rings (SSSR count). The average Bonchev–Trinajstić information content (AvgIpc) is 2.51. The van der Waals surface area contributed by atoms with Crippen LogP contribution in [-0.4, -0.2) is 31.3 Å². The molecule has 6 heteroatoms. The van der Waals surface area contributed by atoms with Gasteiger partial charge in [-0.05, 0) is 27.6 Å². The minimum Gasteiger partial charge on any atom is -0.461 e. The van der Waals surface area contributed by atoms with Gasteiger partial charge in [0.15, 0.2) is 0 Å². The molecule has 3 aromatic rings. The third-order valence-corrected chi connectivity index (χ3v) is 4.23. The second-order valence-electron chi connectivity index (χ2n) is 5.12. The fourth-order valence-corrected chi connectivity index (χ4v) is 2.84. The molecule has 5 nitrogen and oxygen atoms in total. The summed E-state index contributed by atoms with van der Waals surface area (Å²) < 4.78 is 35.2. The smallest absolute Gasteiger partial charge is 0.339 e. The molecule has 0 saturated heterocycles. The molecule has 0 amide bonds. The molecule has 0 radical (unpaired) electrons. The number of hydrogen-bond donors (Lipinski definition) is 1. The highest BCUT2D eigenvalue weighted by Crippen LogP contribution is 2.29. The van der Waals surface area contributed by atoms with Gasteiger partial charge in [0, 0.05) is 0 Å². The first kappa shape index (κ1) is 15.5. The van der Waals surface area contributed by atoms with E-state index in [0.29, 0.717) is 5.56 Å². The molecule has 0 bridgehead atoms. The zero-order valence-corrected chi connectivity index (χ0v) is 12.9. The van der Waals surface area contributed by atoms with Crippen molar-refractivity contribution in [2.75, 3.05) is 12.4 Å². The van der Waals surface area contributed by atoms with Crippen LogP contribution in [0.5, 0.6) is 0 Å². The molecule has 23 heavy (non-hydrogen) atoms. The highest BCUT2D eigenvalue weighted by molar-refractivity contribution is 7.85. The average molecular weight is 330 g/mol. The van der Waals surface area contributed by atoms with Crippen LogP contribution >= 0.6 is 0 Å². The van der Waals surface area contributed by atoms with Gasteiger partial charge < -0.3 is 4.74 Å². The molecule has 0 atom stereocenters. The molecular weight excluding hydrogens is 316 g/mol. The number of carbonyl (C=O) groups excluding carboxylic acids is 1. The van der Waals surface area contributed by atoms with Gasteiger partial charge >= 0.3 is 5.97 Å². The van der Waals surface area contributed by atoms with Crippen molar-refractivity contribution >= 4 is 37.6 Å². The SMILES string of the molecule is O=C(OCCS(=O)(=O)O)c1c2ccccc2cc2ccccc12. The molecule has 0 aromatic heterocycles. The summed E-state index contributed by atoms with van der Waals surface area (Å²) in [5.41, 5.74) is 0.397. The largest absolute Gasteiger partial charge is 0.461 e. The van der Waals surface area contributed by atoms with Crippen molar-refractivity contribution in [3.05, 3.63) is 60.2 Å². The molecule has 0 saturated carbocycles. The van der Waals surface area contributed by atoms with Crippen molar-refractivity contribution in [1.29, 1.82) is 0 Å². The van der Waals surface area contributed by atoms with Crippen LogP contribution < -0.4 is 0 Å². The molecule has 118 valence electrons. The Hall–Kier alpha value is -2.44. The Balaban J connectivity index is 2.07. The Morgan fingerprint density at radius 1 is 0.957 bits per heavy atom. The minimum atomic E-state index is -4.16. The van der Waals surface area contributed by atoms with Gasteiger partial charge in [-0.15, -0.1) is 0 Å². The maximum Gasteiger partial charge on any atom is 0.339 e. The molecule has 0 spiro atoms. The summed E-state index contributed by atoms with van der Waals surface area (Å²) in [7, 11) is -4.16. The number of carbonyl (C=O) groups is 1. The Morgan fingerprint density at radius 2 is 1.48 bits per heavy atom. The number of esters is 1. The van der Waals surface area contributed by atoms with E-state index in [1.807, 2.05) is 54.6 Å². The zero-order valence-electron chi connectivity index (χ0n) is 12.1. The summed E-state index contributed by atoms with van der Waals surface area (Å²) in [5, 5.41) is 3.27. The molecule has 0 fully saturated rings. The van der Waals surface area contributed by atoms with Crippen LogP contribution in [0.3, 0.4) is 0 Å². The van der Waals surface area contributed by atoms with Crippen molar-refractivity contribution in [1.82, 2.24) is 0 Å². The fraction of sp³-hybridized carbons (Fsp3) is 0.118. The van der Waals surface area contributed by atoms with E-state index >= 15 is 0 Å². The lowest BCUT2D eigenvalue weighted by Gasteiger charge is -2.11. The Bertz CT molecular complexity index is 938. The molecular formula is C17H14O5S. The third kappa shape index (κ3) is 3.33. The van der Waals surface area contributed by atoms with E-state index < -0.39 is 28.4 Å². The Kier molecular flexibility index (Phi) is 4.02. The first-order valence-corrected chi connectivity index (χ1v) is 8.59. The predicted molar refractivity (Wildman–Crippen MR) is 88.2 cm³/mol. The van der Waals surface area contributed by atoms with E-state index in [1.54, 1.807) is 0 Å². The lowest BCUT2D eigenvalue weighted by molar-refractivity contribution is 0.0533. The lowest BCUT2D eigenvalue weighted by atomic mass is 9.97. The van der Waals surface area contributed by atoms with Crippen LogP contribution in [0.15, 0.2) is 54.6 Å². The molecule has 0 aliphatic rings. The first-order chi connectivity index (χ1) is 11.0. The van der Waals surface area contributed by atoms with Crippen molar-refractivity contribution < 1.29 is 22.5 Å². The summed E-state index contributed by atoms with van der Waals surface area (Å²) in [4.78, 5) is 12.5. The second-order valence-corrected chi connectivity index (χ2v) is 6.69. The normalized spacial score (nSPS) is 11.7. The maximum absolute atomic E-state index is 12.5. The first-order valence-electron chi connectivity index (χ1n) is 6.98. The molecule has 0 aliphatic heterocycles. The summed E-state index contributed by atoms with van der Waals surface area (Å²) >= 11 is 0. The fourth-order valence-electron chi connectivity index (χ4n) is 2.55. The van der Waals surface area contributed by atoms with Crippen LogP contribution in [0.4, 0.5) is 0 Å². The van der Waals surface area contributed by atoms with Crippen molar-refractivity contribution in [3.8, 4) is 0 Å². The van der Waals surface area contributed by atoms with Gasteiger partial charge in [0.05, 0.1) is 5.56 Å². The number of ether oxygens (including phenoxy) is 1. The van der Waals surface area contributed by atoms with E-state index in [9.17, 15) is 13.2 Å². The monoisotopic (exact) mass is 330 g/mol.